The number of benzene rings is 6. The van der Waals surface area contributed by atoms with Gasteiger partial charge in [-0.3, -0.25) is 0 Å². The standard InChI is InChI=1S/C38H31N/c1-6-16-30(17-7-1)37(31-18-8-2-9-19-31)32-26-28-36(29-27-32)39-38(33-20-10-3-11-21-33,34-22-12-4-13-23-34)35-24-14-5-15-25-35/h1-29,37,39H. The third kappa shape index (κ3) is 5.00. The molecule has 6 aromatic rings. The minimum atomic E-state index is -0.552. The molecule has 0 heterocycles. The van der Waals surface area contributed by atoms with Crippen molar-refractivity contribution in [1.82, 2.24) is 0 Å². The molecular formula is C38H31N. The smallest absolute Gasteiger partial charge is 0.114 e. The largest absolute Gasteiger partial charge is 0.368 e. The van der Waals surface area contributed by atoms with Gasteiger partial charge in [-0.15, -0.1) is 0 Å². The zero-order valence-corrected chi connectivity index (χ0v) is 21.8. The molecule has 1 heteroatoms. The van der Waals surface area contributed by atoms with Crippen molar-refractivity contribution in [3.05, 3.63) is 209 Å². The molecule has 0 aliphatic heterocycles. The highest BCUT2D eigenvalue weighted by molar-refractivity contribution is 5.61. The molecule has 1 N–H and O–H groups in total. The van der Waals surface area contributed by atoms with Gasteiger partial charge < -0.3 is 5.32 Å². The lowest BCUT2D eigenvalue weighted by Crippen LogP contribution is -2.38. The first-order valence-corrected chi connectivity index (χ1v) is 13.5. The van der Waals surface area contributed by atoms with Crippen LogP contribution in [0.4, 0.5) is 5.69 Å². The summed E-state index contributed by atoms with van der Waals surface area (Å²) in [6.07, 6.45) is 0. The molecule has 0 saturated carbocycles. The molecule has 0 spiro atoms. The summed E-state index contributed by atoms with van der Waals surface area (Å²) < 4.78 is 0. The zero-order chi connectivity index (χ0) is 26.3. The summed E-state index contributed by atoms with van der Waals surface area (Å²) in [5.74, 6) is 0.170. The Morgan fingerprint density at radius 2 is 0.641 bits per heavy atom. The maximum atomic E-state index is 3.99. The number of rotatable bonds is 8. The Hall–Kier alpha value is -4.88. The van der Waals surface area contributed by atoms with Gasteiger partial charge in [0.25, 0.3) is 0 Å². The van der Waals surface area contributed by atoms with Crippen molar-refractivity contribution in [2.24, 2.45) is 0 Å². The molecule has 0 fully saturated rings. The molecule has 0 atom stereocenters. The van der Waals surface area contributed by atoms with E-state index in [9.17, 15) is 0 Å². The average molecular weight is 502 g/mol. The molecule has 0 radical (unpaired) electrons. The van der Waals surface area contributed by atoms with Crippen LogP contribution < -0.4 is 5.32 Å². The summed E-state index contributed by atoms with van der Waals surface area (Å²) in [4.78, 5) is 0. The normalized spacial score (nSPS) is 11.3. The maximum absolute atomic E-state index is 3.99. The fourth-order valence-electron chi connectivity index (χ4n) is 5.62. The first-order valence-electron chi connectivity index (χ1n) is 13.5. The van der Waals surface area contributed by atoms with E-state index in [4.69, 9.17) is 0 Å². The third-order valence-corrected chi connectivity index (χ3v) is 7.46. The predicted molar refractivity (Wildman–Crippen MR) is 163 cm³/mol. The molecule has 6 rings (SSSR count). The van der Waals surface area contributed by atoms with Gasteiger partial charge in [0.1, 0.15) is 5.54 Å². The second kappa shape index (κ2) is 11.2. The van der Waals surface area contributed by atoms with E-state index in [2.05, 4.69) is 181 Å². The third-order valence-electron chi connectivity index (χ3n) is 7.46. The van der Waals surface area contributed by atoms with Crippen LogP contribution in [0.5, 0.6) is 0 Å². The summed E-state index contributed by atoms with van der Waals surface area (Å²) in [7, 11) is 0. The summed E-state index contributed by atoms with van der Waals surface area (Å²) in [6, 6.07) is 62.7. The second-order valence-electron chi connectivity index (χ2n) is 9.85. The Morgan fingerprint density at radius 1 is 0.333 bits per heavy atom. The fourth-order valence-corrected chi connectivity index (χ4v) is 5.62. The first kappa shape index (κ1) is 24.5. The topological polar surface area (TPSA) is 12.0 Å². The number of hydrogen-bond donors (Lipinski definition) is 1. The van der Waals surface area contributed by atoms with E-state index in [1.54, 1.807) is 0 Å². The molecule has 6 aromatic carbocycles. The lowest BCUT2D eigenvalue weighted by Gasteiger charge is -2.38. The Labute approximate surface area is 231 Å². The fraction of sp³-hybridized carbons (Fsp3) is 0.0526. The molecule has 0 saturated heterocycles. The summed E-state index contributed by atoms with van der Waals surface area (Å²) in [6.45, 7) is 0. The molecule has 0 aliphatic carbocycles. The molecule has 39 heavy (non-hydrogen) atoms. The van der Waals surface area contributed by atoms with Gasteiger partial charge in [0, 0.05) is 11.6 Å². The van der Waals surface area contributed by atoms with Crippen molar-refractivity contribution in [2.75, 3.05) is 5.32 Å². The van der Waals surface area contributed by atoms with E-state index in [-0.39, 0.29) is 5.92 Å². The van der Waals surface area contributed by atoms with Crippen LogP contribution in [0, 0.1) is 0 Å². The van der Waals surface area contributed by atoms with Crippen molar-refractivity contribution < 1.29 is 0 Å². The van der Waals surface area contributed by atoms with Crippen LogP contribution >= 0.6 is 0 Å². The Morgan fingerprint density at radius 3 is 1.00 bits per heavy atom. The highest BCUT2D eigenvalue weighted by atomic mass is 15.0. The Balaban J connectivity index is 1.45. The minimum absolute atomic E-state index is 0.170. The highest BCUT2D eigenvalue weighted by Gasteiger charge is 2.36. The summed E-state index contributed by atoms with van der Waals surface area (Å²) >= 11 is 0. The van der Waals surface area contributed by atoms with Crippen LogP contribution in [0.3, 0.4) is 0 Å². The van der Waals surface area contributed by atoms with Crippen LogP contribution in [0.25, 0.3) is 0 Å². The quantitative estimate of drug-likeness (QED) is 0.205. The van der Waals surface area contributed by atoms with E-state index < -0.39 is 5.54 Å². The van der Waals surface area contributed by atoms with Crippen molar-refractivity contribution in [2.45, 2.75) is 11.5 Å². The minimum Gasteiger partial charge on any atom is -0.368 e. The van der Waals surface area contributed by atoms with Crippen LogP contribution in [-0.2, 0) is 5.54 Å². The zero-order valence-electron chi connectivity index (χ0n) is 21.8. The molecule has 0 aliphatic rings. The lowest BCUT2D eigenvalue weighted by molar-refractivity contribution is 0.711. The number of nitrogens with one attached hydrogen (secondary N) is 1. The summed E-state index contributed by atoms with van der Waals surface area (Å²) in [5, 5.41) is 3.99. The highest BCUT2D eigenvalue weighted by Crippen LogP contribution is 2.40. The SMILES string of the molecule is c1ccc(C(c2ccccc2)c2ccc(NC(c3ccccc3)(c3ccccc3)c3ccccc3)cc2)cc1. The Bertz CT molecular complexity index is 1440. The van der Waals surface area contributed by atoms with Crippen molar-refractivity contribution in [3.63, 3.8) is 0 Å². The van der Waals surface area contributed by atoms with Crippen LogP contribution in [-0.4, -0.2) is 0 Å². The van der Waals surface area contributed by atoms with Crippen LogP contribution in [0.2, 0.25) is 0 Å². The number of anilines is 1. The van der Waals surface area contributed by atoms with Crippen LogP contribution in [0.15, 0.2) is 176 Å². The van der Waals surface area contributed by atoms with E-state index in [1.165, 1.54) is 33.4 Å². The molecule has 0 bridgehead atoms. The van der Waals surface area contributed by atoms with Gasteiger partial charge in [-0.1, -0.05) is 164 Å². The lowest BCUT2D eigenvalue weighted by atomic mass is 9.76. The van der Waals surface area contributed by atoms with Gasteiger partial charge in [0.2, 0.25) is 0 Å². The van der Waals surface area contributed by atoms with Crippen molar-refractivity contribution in [3.8, 4) is 0 Å². The van der Waals surface area contributed by atoms with Gasteiger partial charge in [-0.05, 0) is 45.5 Å². The Kier molecular flexibility index (Phi) is 7.05. The molecular weight excluding hydrogens is 470 g/mol. The van der Waals surface area contributed by atoms with Gasteiger partial charge >= 0.3 is 0 Å². The van der Waals surface area contributed by atoms with E-state index in [0.717, 1.165) is 5.69 Å². The second-order valence-corrected chi connectivity index (χ2v) is 9.85. The van der Waals surface area contributed by atoms with E-state index in [1.807, 2.05) is 0 Å². The van der Waals surface area contributed by atoms with E-state index >= 15 is 0 Å². The van der Waals surface area contributed by atoms with Gasteiger partial charge in [-0.2, -0.15) is 0 Å². The van der Waals surface area contributed by atoms with Crippen molar-refractivity contribution in [1.29, 1.82) is 0 Å². The molecule has 0 aromatic heterocycles. The summed E-state index contributed by atoms with van der Waals surface area (Å²) in [5.41, 5.74) is 7.93. The van der Waals surface area contributed by atoms with Crippen LogP contribution in [0.1, 0.15) is 39.3 Å². The van der Waals surface area contributed by atoms with E-state index in [0.29, 0.717) is 0 Å². The van der Waals surface area contributed by atoms with Gasteiger partial charge in [-0.25, -0.2) is 0 Å². The average Bonchev–Trinajstić information content (AvgIpc) is 3.03. The first-order chi connectivity index (χ1) is 19.3. The number of hydrogen-bond acceptors (Lipinski definition) is 1. The maximum Gasteiger partial charge on any atom is 0.114 e. The molecule has 188 valence electrons. The van der Waals surface area contributed by atoms with Gasteiger partial charge in [0.15, 0.2) is 0 Å². The molecule has 0 amide bonds. The van der Waals surface area contributed by atoms with Gasteiger partial charge in [0.05, 0.1) is 0 Å². The predicted octanol–water partition coefficient (Wildman–Crippen LogP) is 9.27. The molecule has 0 unspecified atom stereocenters. The molecule has 1 nitrogen and oxygen atoms in total. The van der Waals surface area contributed by atoms with Crippen molar-refractivity contribution >= 4 is 5.69 Å². The monoisotopic (exact) mass is 501 g/mol.